The number of carbonyl (C=O) groups excluding carboxylic acids is 1. The van der Waals surface area contributed by atoms with Gasteiger partial charge in [-0.15, -0.1) is 0 Å². The van der Waals surface area contributed by atoms with Gasteiger partial charge in [0.25, 0.3) is 0 Å². The van der Waals surface area contributed by atoms with Gasteiger partial charge in [-0.1, -0.05) is 0 Å². The highest BCUT2D eigenvalue weighted by atomic mass is 16.4. The van der Waals surface area contributed by atoms with Crippen LogP contribution >= 0.6 is 0 Å². The minimum Gasteiger partial charge on any atom is -0.481 e. The normalized spacial score (nSPS) is 13.9. The van der Waals surface area contributed by atoms with Gasteiger partial charge in [-0.3, -0.25) is 14.3 Å². The van der Waals surface area contributed by atoms with Gasteiger partial charge in [0.15, 0.2) is 0 Å². The van der Waals surface area contributed by atoms with Crippen LogP contribution in [0.15, 0.2) is 18.5 Å². The Morgan fingerprint density at radius 2 is 2.28 bits per heavy atom. The lowest BCUT2D eigenvalue weighted by molar-refractivity contribution is -0.137. The maximum atomic E-state index is 11.6. The summed E-state index contributed by atoms with van der Waals surface area (Å²) in [6, 6.07) is 0.891. The second kappa shape index (κ2) is 6.75. The number of carboxylic acids is 1. The fraction of sp³-hybridized carbons (Fsp3) is 0.545. The Kier molecular flexibility index (Phi) is 5.31. The smallest absolute Gasteiger partial charge is 0.303 e. The average molecular weight is 254 g/mol. The second-order valence-corrected chi connectivity index (χ2v) is 4.18. The molecule has 4 N–H and O–H groups in total. The monoisotopic (exact) mass is 254 g/mol. The largest absolute Gasteiger partial charge is 0.481 e. The van der Waals surface area contributed by atoms with E-state index in [-0.39, 0.29) is 24.8 Å². The third-order valence-electron chi connectivity index (χ3n) is 2.41. The number of aromatic nitrogens is 2. The SMILES string of the molecule is CC(Cn1cccn1)NC(=O)C(N)CCC(=O)O. The highest BCUT2D eigenvalue weighted by Crippen LogP contribution is 1.97. The van der Waals surface area contributed by atoms with Crippen LogP contribution < -0.4 is 11.1 Å². The fourth-order valence-electron chi connectivity index (χ4n) is 1.49. The lowest BCUT2D eigenvalue weighted by Gasteiger charge is -2.17. The van der Waals surface area contributed by atoms with Crippen LogP contribution in [0.1, 0.15) is 19.8 Å². The summed E-state index contributed by atoms with van der Waals surface area (Å²) >= 11 is 0. The Bertz CT molecular complexity index is 391. The molecular weight excluding hydrogens is 236 g/mol. The van der Waals surface area contributed by atoms with Crippen molar-refractivity contribution in [2.75, 3.05) is 0 Å². The molecule has 0 radical (unpaired) electrons. The van der Waals surface area contributed by atoms with Crippen molar-refractivity contribution in [3.8, 4) is 0 Å². The fourth-order valence-corrected chi connectivity index (χ4v) is 1.49. The molecular formula is C11H18N4O3. The number of aliphatic carboxylic acids is 1. The van der Waals surface area contributed by atoms with Crippen molar-refractivity contribution < 1.29 is 14.7 Å². The van der Waals surface area contributed by atoms with Crippen molar-refractivity contribution in [1.29, 1.82) is 0 Å². The van der Waals surface area contributed by atoms with E-state index in [0.29, 0.717) is 6.54 Å². The second-order valence-electron chi connectivity index (χ2n) is 4.18. The Labute approximate surface area is 105 Å². The van der Waals surface area contributed by atoms with Crippen LogP contribution in [0.25, 0.3) is 0 Å². The molecule has 0 saturated heterocycles. The zero-order valence-electron chi connectivity index (χ0n) is 10.2. The Hall–Kier alpha value is -1.89. The molecule has 0 aliphatic heterocycles. The highest BCUT2D eigenvalue weighted by Gasteiger charge is 2.16. The third-order valence-corrected chi connectivity index (χ3v) is 2.41. The molecule has 0 aliphatic rings. The quantitative estimate of drug-likeness (QED) is 0.612. The standard InChI is InChI=1S/C11H18N4O3/c1-8(7-15-6-2-5-13-15)14-11(18)9(12)3-4-10(16)17/h2,5-6,8-9H,3-4,7,12H2,1H3,(H,14,18)(H,16,17). The van der Waals surface area contributed by atoms with Crippen molar-refractivity contribution in [3.05, 3.63) is 18.5 Å². The van der Waals surface area contributed by atoms with E-state index < -0.39 is 12.0 Å². The van der Waals surface area contributed by atoms with Gasteiger partial charge < -0.3 is 16.2 Å². The minimum absolute atomic E-state index is 0.109. The topological polar surface area (TPSA) is 110 Å². The van der Waals surface area contributed by atoms with Crippen molar-refractivity contribution in [2.45, 2.75) is 38.4 Å². The van der Waals surface area contributed by atoms with Crippen LogP contribution in [0.3, 0.4) is 0 Å². The predicted molar refractivity (Wildman–Crippen MR) is 64.7 cm³/mol. The first kappa shape index (κ1) is 14.2. The number of hydrogen-bond acceptors (Lipinski definition) is 4. The molecule has 1 aromatic heterocycles. The van der Waals surface area contributed by atoms with Crippen LogP contribution in [0.5, 0.6) is 0 Å². The Morgan fingerprint density at radius 1 is 1.56 bits per heavy atom. The van der Waals surface area contributed by atoms with Crippen molar-refractivity contribution in [2.24, 2.45) is 5.73 Å². The molecule has 1 amide bonds. The van der Waals surface area contributed by atoms with Gasteiger partial charge in [-0.2, -0.15) is 5.10 Å². The Morgan fingerprint density at radius 3 is 2.83 bits per heavy atom. The molecule has 2 atom stereocenters. The van der Waals surface area contributed by atoms with Crippen LogP contribution in [0.2, 0.25) is 0 Å². The molecule has 0 fully saturated rings. The van der Waals surface area contributed by atoms with E-state index in [2.05, 4.69) is 10.4 Å². The number of nitrogens with one attached hydrogen (secondary N) is 1. The molecule has 0 aromatic carbocycles. The van der Waals surface area contributed by atoms with E-state index in [1.165, 1.54) is 0 Å². The number of amides is 1. The summed E-state index contributed by atoms with van der Waals surface area (Å²) in [5, 5.41) is 15.2. The van der Waals surface area contributed by atoms with Gasteiger partial charge in [0, 0.05) is 24.9 Å². The molecule has 0 saturated carbocycles. The van der Waals surface area contributed by atoms with Gasteiger partial charge in [-0.05, 0) is 19.4 Å². The first-order valence-corrected chi connectivity index (χ1v) is 5.74. The number of carbonyl (C=O) groups is 2. The highest BCUT2D eigenvalue weighted by molar-refractivity contribution is 5.82. The van der Waals surface area contributed by atoms with E-state index >= 15 is 0 Å². The van der Waals surface area contributed by atoms with E-state index in [1.807, 2.05) is 6.92 Å². The summed E-state index contributed by atoms with van der Waals surface area (Å²) in [7, 11) is 0. The molecule has 0 bridgehead atoms. The van der Waals surface area contributed by atoms with Crippen molar-refractivity contribution >= 4 is 11.9 Å². The maximum absolute atomic E-state index is 11.6. The molecule has 2 unspecified atom stereocenters. The van der Waals surface area contributed by atoms with Gasteiger partial charge in [0.1, 0.15) is 0 Å². The summed E-state index contributed by atoms with van der Waals surface area (Å²) in [5.41, 5.74) is 5.59. The first-order chi connectivity index (χ1) is 8.49. The maximum Gasteiger partial charge on any atom is 0.303 e. The number of rotatable bonds is 7. The van der Waals surface area contributed by atoms with E-state index in [4.69, 9.17) is 10.8 Å². The summed E-state index contributed by atoms with van der Waals surface area (Å²) < 4.78 is 1.70. The number of nitrogens with zero attached hydrogens (tertiary/aromatic N) is 2. The van der Waals surface area contributed by atoms with Crippen LogP contribution in [0.4, 0.5) is 0 Å². The number of hydrogen-bond donors (Lipinski definition) is 3. The first-order valence-electron chi connectivity index (χ1n) is 5.74. The zero-order valence-corrected chi connectivity index (χ0v) is 10.2. The van der Waals surface area contributed by atoms with Gasteiger partial charge in [0.05, 0.1) is 12.6 Å². The van der Waals surface area contributed by atoms with Gasteiger partial charge >= 0.3 is 5.97 Å². The third kappa shape index (κ3) is 4.96. The van der Waals surface area contributed by atoms with Crippen LogP contribution in [-0.2, 0) is 16.1 Å². The van der Waals surface area contributed by atoms with Crippen molar-refractivity contribution in [1.82, 2.24) is 15.1 Å². The molecule has 100 valence electrons. The lowest BCUT2D eigenvalue weighted by atomic mass is 10.1. The van der Waals surface area contributed by atoms with E-state index in [1.54, 1.807) is 23.1 Å². The van der Waals surface area contributed by atoms with Crippen molar-refractivity contribution in [3.63, 3.8) is 0 Å². The molecule has 18 heavy (non-hydrogen) atoms. The summed E-state index contributed by atoms with van der Waals surface area (Å²) in [6.45, 7) is 2.38. The molecule has 1 aromatic rings. The Balaban J connectivity index is 2.32. The molecule has 0 spiro atoms. The van der Waals surface area contributed by atoms with Gasteiger partial charge in [-0.25, -0.2) is 0 Å². The van der Waals surface area contributed by atoms with E-state index in [9.17, 15) is 9.59 Å². The molecule has 1 heterocycles. The van der Waals surface area contributed by atoms with Crippen LogP contribution in [-0.4, -0.2) is 38.8 Å². The average Bonchev–Trinajstić information content (AvgIpc) is 2.78. The van der Waals surface area contributed by atoms with Crippen LogP contribution in [0, 0.1) is 0 Å². The zero-order chi connectivity index (χ0) is 13.5. The summed E-state index contributed by atoms with van der Waals surface area (Å²) in [6.07, 6.45) is 3.48. The lowest BCUT2D eigenvalue weighted by Crippen LogP contribution is -2.45. The molecule has 1 rings (SSSR count). The predicted octanol–water partition coefficient (Wildman–Crippen LogP) is -0.420. The summed E-state index contributed by atoms with van der Waals surface area (Å²) in [4.78, 5) is 22.0. The minimum atomic E-state index is -0.956. The van der Waals surface area contributed by atoms with Gasteiger partial charge in [0.2, 0.25) is 5.91 Å². The molecule has 7 heteroatoms. The summed E-state index contributed by atoms with van der Waals surface area (Å²) in [5.74, 6) is -1.29. The molecule has 7 nitrogen and oxygen atoms in total. The molecule has 0 aliphatic carbocycles. The van der Waals surface area contributed by atoms with E-state index in [0.717, 1.165) is 0 Å². The number of carboxylic acid groups (broad SMARTS) is 1. The number of nitrogens with two attached hydrogens (primary N) is 1.